The Bertz CT molecular complexity index is 1350. The van der Waals surface area contributed by atoms with Crippen LogP contribution in [0, 0.1) is 11.6 Å². The predicted molar refractivity (Wildman–Crippen MR) is 119 cm³/mol. The molecule has 1 amide bonds. The van der Waals surface area contributed by atoms with E-state index in [0.29, 0.717) is 42.0 Å². The zero-order valence-corrected chi connectivity index (χ0v) is 17.9. The number of aromatic nitrogens is 6. The maximum absolute atomic E-state index is 14.7. The van der Waals surface area contributed by atoms with Crippen LogP contribution in [0.4, 0.5) is 26.1 Å². The molecule has 0 saturated carbocycles. The third-order valence-corrected chi connectivity index (χ3v) is 5.40. The Morgan fingerprint density at radius 2 is 2.06 bits per heavy atom. The minimum absolute atomic E-state index is 0.0378. The van der Waals surface area contributed by atoms with Gasteiger partial charge in [0.2, 0.25) is 11.9 Å². The number of hydrogen-bond acceptors (Lipinski definition) is 8. The average molecular weight is 469 g/mol. The van der Waals surface area contributed by atoms with Crippen LogP contribution in [-0.2, 0) is 17.9 Å². The van der Waals surface area contributed by atoms with Gasteiger partial charge in [-0.3, -0.25) is 9.48 Å². The lowest BCUT2D eigenvalue weighted by atomic mass is 10.1. The second-order valence-electron chi connectivity index (χ2n) is 7.74. The molecule has 11 nitrogen and oxygen atoms in total. The number of nitrogens with one attached hydrogen (secondary N) is 2. The molecule has 34 heavy (non-hydrogen) atoms. The molecule has 1 fully saturated rings. The van der Waals surface area contributed by atoms with Crippen molar-refractivity contribution in [1.29, 1.82) is 0 Å². The molecule has 1 aliphatic rings. The van der Waals surface area contributed by atoms with Crippen LogP contribution in [0.3, 0.4) is 0 Å². The summed E-state index contributed by atoms with van der Waals surface area (Å²) in [5.41, 5.74) is 1.39. The Morgan fingerprint density at radius 1 is 1.18 bits per heavy atom. The second kappa shape index (κ2) is 9.11. The minimum Gasteiger partial charge on any atom is -0.394 e. The first-order valence-electron chi connectivity index (χ1n) is 10.6. The standard InChI is InChI=1S/C21H21F2N9O2/c22-17-6-16(31-2-1-24-10-18(31)34)5-13(19(17)23)11-32-20-14(8-27-32)7-25-21(29-20)28-15-9-26-30(12-15)3-4-33/h5-9,12,24,33H,1-4,10-11H2,(H,25,28,29). The van der Waals surface area contributed by atoms with Crippen molar-refractivity contribution in [2.24, 2.45) is 0 Å². The van der Waals surface area contributed by atoms with Crippen molar-refractivity contribution < 1.29 is 18.7 Å². The summed E-state index contributed by atoms with van der Waals surface area (Å²) in [5.74, 6) is -1.98. The fourth-order valence-electron chi connectivity index (χ4n) is 3.77. The summed E-state index contributed by atoms with van der Waals surface area (Å²) < 4.78 is 32.1. The number of halogens is 2. The summed E-state index contributed by atoms with van der Waals surface area (Å²) in [4.78, 5) is 22.4. The van der Waals surface area contributed by atoms with Crippen molar-refractivity contribution in [3.63, 3.8) is 0 Å². The van der Waals surface area contributed by atoms with E-state index in [0.717, 1.165) is 6.07 Å². The van der Waals surface area contributed by atoms with Gasteiger partial charge in [0.05, 0.1) is 49.7 Å². The van der Waals surface area contributed by atoms with Crippen LogP contribution in [-0.4, -0.2) is 66.8 Å². The smallest absolute Gasteiger partial charge is 0.240 e. The van der Waals surface area contributed by atoms with Crippen LogP contribution in [0.2, 0.25) is 0 Å². The number of aliphatic hydroxyl groups excluding tert-OH is 1. The van der Waals surface area contributed by atoms with Crippen LogP contribution in [0.1, 0.15) is 5.56 Å². The Labute approximate surface area is 192 Å². The van der Waals surface area contributed by atoms with Crippen LogP contribution >= 0.6 is 0 Å². The number of aliphatic hydroxyl groups is 1. The molecule has 0 spiro atoms. The monoisotopic (exact) mass is 469 g/mol. The van der Waals surface area contributed by atoms with Crippen molar-refractivity contribution in [3.8, 4) is 0 Å². The van der Waals surface area contributed by atoms with Gasteiger partial charge < -0.3 is 20.6 Å². The molecule has 0 radical (unpaired) electrons. The molecule has 3 aromatic heterocycles. The topological polar surface area (TPSA) is 126 Å². The molecule has 4 aromatic rings. The molecule has 5 rings (SSSR count). The molecule has 3 N–H and O–H groups in total. The van der Waals surface area contributed by atoms with Gasteiger partial charge >= 0.3 is 0 Å². The number of hydrogen-bond donors (Lipinski definition) is 3. The minimum atomic E-state index is -1.04. The van der Waals surface area contributed by atoms with Gasteiger partial charge in [0.25, 0.3) is 0 Å². The third-order valence-electron chi connectivity index (χ3n) is 5.40. The lowest BCUT2D eigenvalue weighted by molar-refractivity contribution is -0.118. The molecule has 0 bridgehead atoms. The van der Waals surface area contributed by atoms with Crippen LogP contribution in [0.5, 0.6) is 0 Å². The Morgan fingerprint density at radius 3 is 2.88 bits per heavy atom. The highest BCUT2D eigenvalue weighted by Gasteiger charge is 2.22. The fraction of sp³-hybridized carbons (Fsp3) is 0.286. The SMILES string of the molecule is O=C1CNCCN1c1cc(F)c(F)c(Cn2ncc3cnc(Nc4cnn(CCO)c4)nc32)c1. The summed E-state index contributed by atoms with van der Waals surface area (Å²) >= 11 is 0. The highest BCUT2D eigenvalue weighted by molar-refractivity contribution is 5.95. The number of piperazine rings is 1. The van der Waals surface area contributed by atoms with Gasteiger partial charge in [0.15, 0.2) is 17.3 Å². The van der Waals surface area contributed by atoms with E-state index >= 15 is 0 Å². The van der Waals surface area contributed by atoms with E-state index in [1.165, 1.54) is 21.8 Å². The fourth-order valence-corrected chi connectivity index (χ4v) is 3.77. The molecule has 176 valence electrons. The Balaban J connectivity index is 1.43. The van der Waals surface area contributed by atoms with Crippen LogP contribution in [0.25, 0.3) is 11.0 Å². The highest BCUT2D eigenvalue weighted by Crippen LogP contribution is 2.25. The first-order valence-corrected chi connectivity index (χ1v) is 10.6. The summed E-state index contributed by atoms with van der Waals surface area (Å²) in [6, 6.07) is 2.50. The van der Waals surface area contributed by atoms with Crippen LogP contribution in [0.15, 0.2) is 36.9 Å². The van der Waals surface area contributed by atoms with Crippen molar-refractivity contribution in [2.45, 2.75) is 13.1 Å². The summed E-state index contributed by atoms with van der Waals surface area (Å²) in [6.07, 6.45) is 6.37. The summed E-state index contributed by atoms with van der Waals surface area (Å²) in [7, 11) is 0. The van der Waals surface area contributed by atoms with Gasteiger partial charge in [0.1, 0.15) is 0 Å². The number of carbonyl (C=O) groups is 1. The normalized spacial score (nSPS) is 14.2. The molecule has 0 unspecified atom stereocenters. The van der Waals surface area contributed by atoms with Gasteiger partial charge in [-0.25, -0.2) is 18.4 Å². The Hall–Kier alpha value is -3.97. The number of benzene rings is 1. The largest absolute Gasteiger partial charge is 0.394 e. The molecular weight excluding hydrogens is 448 g/mol. The summed E-state index contributed by atoms with van der Waals surface area (Å²) in [6.45, 7) is 1.30. The van der Waals surface area contributed by atoms with Crippen LogP contribution < -0.4 is 15.5 Å². The van der Waals surface area contributed by atoms with Gasteiger partial charge in [-0.1, -0.05) is 0 Å². The zero-order chi connectivity index (χ0) is 23.7. The van der Waals surface area contributed by atoms with Gasteiger partial charge in [0, 0.05) is 42.8 Å². The van der Waals surface area contributed by atoms with Crippen molar-refractivity contribution in [1.82, 2.24) is 34.8 Å². The molecule has 0 aliphatic carbocycles. The molecule has 1 saturated heterocycles. The van der Waals surface area contributed by atoms with E-state index in [-0.39, 0.29) is 37.1 Å². The van der Waals surface area contributed by atoms with E-state index in [9.17, 15) is 13.6 Å². The second-order valence-corrected chi connectivity index (χ2v) is 7.74. The van der Waals surface area contributed by atoms with E-state index < -0.39 is 11.6 Å². The molecule has 4 heterocycles. The molecule has 0 atom stereocenters. The van der Waals surface area contributed by atoms with E-state index in [1.807, 2.05) is 0 Å². The van der Waals surface area contributed by atoms with Crippen molar-refractivity contribution in [3.05, 3.63) is 54.1 Å². The average Bonchev–Trinajstić information content (AvgIpc) is 3.44. The van der Waals surface area contributed by atoms with Gasteiger partial charge in [-0.15, -0.1) is 0 Å². The number of rotatable bonds is 7. The van der Waals surface area contributed by atoms with E-state index in [2.05, 4.69) is 30.8 Å². The predicted octanol–water partition coefficient (Wildman–Crippen LogP) is 1.02. The lowest BCUT2D eigenvalue weighted by Gasteiger charge is -2.28. The molecule has 13 heteroatoms. The zero-order valence-electron chi connectivity index (χ0n) is 17.9. The molecular formula is C21H21F2N9O2. The number of carbonyl (C=O) groups excluding carboxylic acids is 1. The van der Waals surface area contributed by atoms with Gasteiger partial charge in [-0.05, 0) is 6.07 Å². The number of fused-ring (bicyclic) bond motifs is 1. The van der Waals surface area contributed by atoms with Crippen molar-refractivity contribution >= 4 is 34.3 Å². The molecule has 1 aliphatic heterocycles. The first kappa shape index (κ1) is 21.9. The number of nitrogens with zero attached hydrogens (tertiary/aromatic N) is 7. The quantitative estimate of drug-likeness (QED) is 0.366. The van der Waals surface area contributed by atoms with E-state index in [4.69, 9.17) is 5.11 Å². The first-order chi connectivity index (χ1) is 16.5. The highest BCUT2D eigenvalue weighted by atomic mass is 19.2. The number of amides is 1. The molecule has 1 aromatic carbocycles. The lowest BCUT2D eigenvalue weighted by Crippen LogP contribution is -2.48. The summed E-state index contributed by atoms with van der Waals surface area (Å²) in [5, 5.41) is 24.0. The Kier molecular flexibility index (Phi) is 5.86. The maximum Gasteiger partial charge on any atom is 0.240 e. The maximum atomic E-state index is 14.7. The van der Waals surface area contributed by atoms with Crippen molar-refractivity contribution in [2.75, 3.05) is 36.5 Å². The third kappa shape index (κ3) is 4.30. The van der Waals surface area contributed by atoms with Gasteiger partial charge in [-0.2, -0.15) is 15.2 Å². The van der Waals surface area contributed by atoms with E-state index in [1.54, 1.807) is 23.3 Å². The number of anilines is 3.